The number of carbonyl (C=O) groups excluding carboxylic acids is 1. The zero-order chi connectivity index (χ0) is 5.86. The smallest absolute Gasteiger partial charge is 0.255 e. The minimum absolute atomic E-state index is 0.181. The summed E-state index contributed by atoms with van der Waals surface area (Å²) in [7, 11) is 0. The SMILES string of the molecule is C=C(SN)C(N)=O. The Hall–Kier alpha value is -0.480. The van der Waals surface area contributed by atoms with E-state index >= 15 is 0 Å². The predicted molar refractivity (Wildman–Crippen MR) is 30.1 cm³/mol. The molecule has 0 bridgehead atoms. The van der Waals surface area contributed by atoms with Gasteiger partial charge in [0.15, 0.2) is 0 Å². The van der Waals surface area contributed by atoms with Gasteiger partial charge in [0.2, 0.25) is 0 Å². The number of primary amides is 1. The van der Waals surface area contributed by atoms with Crippen LogP contribution in [0, 0.1) is 0 Å². The molecule has 0 rings (SSSR count). The molecule has 0 spiro atoms. The average molecular weight is 118 g/mol. The molecule has 0 aliphatic rings. The molecule has 0 saturated heterocycles. The first kappa shape index (κ1) is 6.52. The van der Waals surface area contributed by atoms with Gasteiger partial charge in [-0.3, -0.25) is 9.93 Å². The van der Waals surface area contributed by atoms with Crippen molar-refractivity contribution in [2.75, 3.05) is 0 Å². The van der Waals surface area contributed by atoms with Gasteiger partial charge in [0, 0.05) is 0 Å². The van der Waals surface area contributed by atoms with Gasteiger partial charge in [0.1, 0.15) is 0 Å². The lowest BCUT2D eigenvalue weighted by molar-refractivity contribution is -0.113. The van der Waals surface area contributed by atoms with Crippen molar-refractivity contribution in [1.29, 1.82) is 0 Å². The standard InChI is InChI=1S/C3H6N2OS/c1-2(7-5)3(4)6/h1,5H2,(H2,4,6). The van der Waals surface area contributed by atoms with Gasteiger partial charge < -0.3 is 5.73 Å². The minimum Gasteiger partial charge on any atom is -0.365 e. The zero-order valence-electron chi connectivity index (χ0n) is 3.68. The Balaban J connectivity index is 3.58. The summed E-state index contributed by atoms with van der Waals surface area (Å²) in [6, 6.07) is 0. The van der Waals surface area contributed by atoms with Crippen LogP contribution in [0.3, 0.4) is 0 Å². The van der Waals surface area contributed by atoms with E-state index in [0.717, 1.165) is 11.9 Å². The molecule has 0 aliphatic carbocycles. The third kappa shape index (κ3) is 2.24. The summed E-state index contributed by atoms with van der Waals surface area (Å²) in [4.78, 5) is 10.1. The first-order valence-electron chi connectivity index (χ1n) is 1.54. The van der Waals surface area contributed by atoms with Gasteiger partial charge in [-0.05, 0) is 11.9 Å². The van der Waals surface area contributed by atoms with Crippen LogP contribution in [0.25, 0.3) is 0 Å². The van der Waals surface area contributed by atoms with Gasteiger partial charge in [-0.15, -0.1) is 0 Å². The van der Waals surface area contributed by atoms with Crippen LogP contribution in [-0.4, -0.2) is 5.91 Å². The predicted octanol–water partition coefficient (Wildman–Crippen LogP) is -0.408. The maximum absolute atomic E-state index is 9.95. The molecule has 4 heteroatoms. The normalized spacial score (nSPS) is 8.14. The maximum atomic E-state index is 9.95. The van der Waals surface area contributed by atoms with E-state index in [4.69, 9.17) is 10.9 Å². The van der Waals surface area contributed by atoms with Crippen LogP contribution >= 0.6 is 11.9 Å². The van der Waals surface area contributed by atoms with E-state index in [9.17, 15) is 4.79 Å². The Morgan fingerprint density at radius 1 is 1.71 bits per heavy atom. The monoisotopic (exact) mass is 118 g/mol. The van der Waals surface area contributed by atoms with E-state index in [1.54, 1.807) is 0 Å². The molecular formula is C3H6N2OS. The number of nitrogens with two attached hydrogens (primary N) is 2. The van der Waals surface area contributed by atoms with Gasteiger partial charge in [-0.2, -0.15) is 0 Å². The lowest BCUT2D eigenvalue weighted by atomic mass is 10.6. The molecule has 1 amide bonds. The molecule has 4 N–H and O–H groups in total. The molecular weight excluding hydrogens is 112 g/mol. The highest BCUT2D eigenvalue weighted by molar-refractivity contribution is 8.01. The van der Waals surface area contributed by atoms with Crippen LogP contribution < -0.4 is 10.9 Å². The van der Waals surface area contributed by atoms with Crippen molar-refractivity contribution in [3.8, 4) is 0 Å². The van der Waals surface area contributed by atoms with Crippen LogP contribution in [0.2, 0.25) is 0 Å². The molecule has 0 aromatic heterocycles. The van der Waals surface area contributed by atoms with Gasteiger partial charge in [0.05, 0.1) is 4.91 Å². The number of amides is 1. The van der Waals surface area contributed by atoms with Gasteiger partial charge in [0.25, 0.3) is 5.91 Å². The highest BCUT2D eigenvalue weighted by Crippen LogP contribution is 2.00. The maximum Gasteiger partial charge on any atom is 0.255 e. The largest absolute Gasteiger partial charge is 0.365 e. The Morgan fingerprint density at radius 3 is 2.14 bits per heavy atom. The topological polar surface area (TPSA) is 69.1 Å². The van der Waals surface area contributed by atoms with E-state index in [1.165, 1.54) is 0 Å². The lowest BCUT2D eigenvalue weighted by Gasteiger charge is -1.88. The number of rotatable bonds is 2. The van der Waals surface area contributed by atoms with Crippen molar-refractivity contribution >= 4 is 17.9 Å². The summed E-state index contributed by atoms with van der Waals surface area (Å²) in [6.45, 7) is 3.24. The molecule has 0 heterocycles. The third-order valence-electron chi connectivity index (χ3n) is 0.417. The fourth-order valence-electron chi connectivity index (χ4n) is 0.0581. The summed E-state index contributed by atoms with van der Waals surface area (Å²) >= 11 is 0.764. The first-order valence-corrected chi connectivity index (χ1v) is 2.42. The Kier molecular flexibility index (Phi) is 2.47. The van der Waals surface area contributed by atoms with Gasteiger partial charge in [-0.1, -0.05) is 6.58 Å². The fraction of sp³-hybridized carbons (Fsp3) is 0. The molecule has 0 unspecified atom stereocenters. The van der Waals surface area contributed by atoms with Crippen LogP contribution in [0.1, 0.15) is 0 Å². The second-order valence-electron chi connectivity index (χ2n) is 0.905. The van der Waals surface area contributed by atoms with E-state index in [2.05, 4.69) is 6.58 Å². The summed E-state index contributed by atoms with van der Waals surface area (Å²) in [5.41, 5.74) is 4.71. The average Bonchev–Trinajstić information content (AvgIpc) is 1.65. The molecule has 3 nitrogen and oxygen atoms in total. The van der Waals surface area contributed by atoms with Gasteiger partial charge >= 0.3 is 0 Å². The Labute approximate surface area is 45.9 Å². The van der Waals surface area contributed by atoms with Crippen molar-refractivity contribution in [3.05, 3.63) is 11.5 Å². The van der Waals surface area contributed by atoms with Crippen LogP contribution in [0.5, 0.6) is 0 Å². The van der Waals surface area contributed by atoms with Gasteiger partial charge in [-0.25, -0.2) is 0 Å². The third-order valence-corrected chi connectivity index (χ3v) is 0.903. The number of hydrogen-bond acceptors (Lipinski definition) is 3. The molecule has 7 heavy (non-hydrogen) atoms. The zero-order valence-corrected chi connectivity index (χ0v) is 4.49. The second kappa shape index (κ2) is 2.65. The molecule has 40 valence electrons. The highest BCUT2D eigenvalue weighted by Gasteiger charge is 1.95. The van der Waals surface area contributed by atoms with Crippen molar-refractivity contribution in [2.45, 2.75) is 0 Å². The van der Waals surface area contributed by atoms with Crippen LogP contribution in [0.15, 0.2) is 11.5 Å². The second-order valence-corrected chi connectivity index (χ2v) is 1.63. The summed E-state index contributed by atoms with van der Waals surface area (Å²) in [6.07, 6.45) is 0. The molecule has 0 fully saturated rings. The summed E-state index contributed by atoms with van der Waals surface area (Å²) in [5, 5.41) is 4.89. The summed E-state index contributed by atoms with van der Waals surface area (Å²) < 4.78 is 0. The summed E-state index contributed by atoms with van der Waals surface area (Å²) in [5.74, 6) is -0.562. The Bertz CT molecular complexity index is 101. The van der Waals surface area contributed by atoms with Crippen molar-refractivity contribution < 1.29 is 4.79 Å². The molecule has 0 radical (unpaired) electrons. The molecule has 0 saturated carbocycles. The molecule has 0 atom stereocenters. The van der Waals surface area contributed by atoms with E-state index < -0.39 is 5.91 Å². The molecule has 0 aromatic rings. The van der Waals surface area contributed by atoms with E-state index in [-0.39, 0.29) is 4.91 Å². The quantitative estimate of drug-likeness (QED) is 0.382. The van der Waals surface area contributed by atoms with E-state index in [0.29, 0.717) is 0 Å². The fourth-order valence-corrected chi connectivity index (χ4v) is 0.174. The van der Waals surface area contributed by atoms with Crippen molar-refractivity contribution in [3.63, 3.8) is 0 Å². The Morgan fingerprint density at radius 2 is 2.14 bits per heavy atom. The molecule has 0 aromatic carbocycles. The number of hydrogen-bond donors (Lipinski definition) is 2. The van der Waals surface area contributed by atoms with Crippen molar-refractivity contribution in [2.24, 2.45) is 10.9 Å². The lowest BCUT2D eigenvalue weighted by Crippen LogP contribution is -2.11. The molecule has 0 aliphatic heterocycles. The van der Waals surface area contributed by atoms with Crippen molar-refractivity contribution in [1.82, 2.24) is 0 Å². The number of carbonyl (C=O) groups is 1. The minimum atomic E-state index is -0.562. The van der Waals surface area contributed by atoms with Crippen LogP contribution in [-0.2, 0) is 4.79 Å². The van der Waals surface area contributed by atoms with Crippen LogP contribution in [0.4, 0.5) is 0 Å². The van der Waals surface area contributed by atoms with E-state index in [1.807, 2.05) is 0 Å². The highest BCUT2D eigenvalue weighted by atomic mass is 32.2. The first-order chi connectivity index (χ1) is 3.18.